The monoisotopic (exact) mass is 273 g/mol. The molecule has 0 atom stereocenters. The predicted molar refractivity (Wildman–Crippen MR) is 76.5 cm³/mol. The fourth-order valence-electron chi connectivity index (χ4n) is 3.10. The number of hydrogen-bond acceptors (Lipinski definition) is 4. The van der Waals surface area contributed by atoms with E-state index in [1.165, 1.54) is 4.90 Å². The van der Waals surface area contributed by atoms with Crippen LogP contribution in [0.1, 0.15) is 40.5 Å². The molecule has 0 aromatic heterocycles. The van der Waals surface area contributed by atoms with Gasteiger partial charge >= 0.3 is 0 Å². The maximum Gasteiger partial charge on any atom is 0.261 e. The molecule has 0 bridgehead atoms. The highest BCUT2D eigenvalue weighted by atomic mass is 16.2. The van der Waals surface area contributed by atoms with Gasteiger partial charge in [-0.3, -0.25) is 14.5 Å². The third-order valence-electron chi connectivity index (χ3n) is 4.31. The predicted octanol–water partition coefficient (Wildman–Crippen LogP) is 1.35. The lowest BCUT2D eigenvalue weighted by Crippen LogP contribution is -2.47. The molecule has 0 unspecified atom stereocenters. The van der Waals surface area contributed by atoms with Crippen molar-refractivity contribution in [1.29, 1.82) is 0 Å². The number of rotatable bonds is 2. The summed E-state index contributed by atoms with van der Waals surface area (Å²) in [6.45, 7) is 5.03. The number of hydrogen-bond donors (Lipinski definition) is 1. The highest BCUT2D eigenvalue weighted by molar-refractivity contribution is 6.21. The number of nitrogens with two attached hydrogens (primary N) is 1. The van der Waals surface area contributed by atoms with E-state index < -0.39 is 0 Å². The summed E-state index contributed by atoms with van der Waals surface area (Å²) in [5.74, 6) is -0.354. The number of likely N-dealkylation sites (tertiary alicyclic amines) is 1. The highest BCUT2D eigenvalue weighted by Crippen LogP contribution is 2.29. The van der Waals surface area contributed by atoms with E-state index in [0.717, 1.165) is 32.5 Å². The maximum absolute atomic E-state index is 12.4. The Morgan fingerprint density at radius 1 is 1.15 bits per heavy atom. The Kier molecular flexibility index (Phi) is 3.22. The van der Waals surface area contributed by atoms with Gasteiger partial charge in [-0.25, -0.2) is 0 Å². The minimum Gasteiger partial charge on any atom is -0.399 e. The summed E-state index contributed by atoms with van der Waals surface area (Å²) in [6.07, 6.45) is 1.71. The molecule has 20 heavy (non-hydrogen) atoms. The average Bonchev–Trinajstić information content (AvgIpc) is 2.71. The number of fused-ring (bicyclic) bond motifs is 1. The van der Waals surface area contributed by atoms with Crippen LogP contribution in [0.15, 0.2) is 18.2 Å². The lowest BCUT2D eigenvalue weighted by Gasteiger charge is -2.35. The maximum atomic E-state index is 12.4. The van der Waals surface area contributed by atoms with Crippen molar-refractivity contribution in [2.45, 2.75) is 25.8 Å². The largest absolute Gasteiger partial charge is 0.399 e. The second-order valence-corrected chi connectivity index (χ2v) is 5.45. The molecule has 1 saturated heterocycles. The number of piperidine rings is 1. The fourth-order valence-corrected chi connectivity index (χ4v) is 3.10. The Bertz CT molecular complexity index is 562. The van der Waals surface area contributed by atoms with Crippen LogP contribution in [-0.4, -0.2) is 47.3 Å². The van der Waals surface area contributed by atoms with Crippen LogP contribution in [0.3, 0.4) is 0 Å². The molecule has 1 fully saturated rings. The number of anilines is 1. The first-order valence-corrected chi connectivity index (χ1v) is 7.11. The summed E-state index contributed by atoms with van der Waals surface area (Å²) in [4.78, 5) is 28.6. The highest BCUT2D eigenvalue weighted by Gasteiger charge is 2.40. The second kappa shape index (κ2) is 4.90. The van der Waals surface area contributed by atoms with Crippen molar-refractivity contribution in [2.24, 2.45) is 0 Å². The molecule has 2 aliphatic rings. The molecule has 0 saturated carbocycles. The van der Waals surface area contributed by atoms with Crippen molar-refractivity contribution >= 4 is 17.5 Å². The van der Waals surface area contributed by atoms with Gasteiger partial charge in [0.15, 0.2) is 0 Å². The molecule has 1 aromatic rings. The van der Waals surface area contributed by atoms with Crippen LogP contribution in [0.5, 0.6) is 0 Å². The van der Waals surface area contributed by atoms with E-state index in [0.29, 0.717) is 16.8 Å². The number of carbonyl (C=O) groups is 2. The van der Waals surface area contributed by atoms with E-state index in [9.17, 15) is 9.59 Å². The average molecular weight is 273 g/mol. The van der Waals surface area contributed by atoms with Crippen molar-refractivity contribution in [2.75, 3.05) is 25.4 Å². The van der Waals surface area contributed by atoms with Gasteiger partial charge in [0.1, 0.15) is 0 Å². The van der Waals surface area contributed by atoms with E-state index >= 15 is 0 Å². The molecule has 5 heteroatoms. The van der Waals surface area contributed by atoms with Crippen LogP contribution in [0.4, 0.5) is 5.69 Å². The van der Waals surface area contributed by atoms with Gasteiger partial charge in [0, 0.05) is 24.8 Å². The number of amides is 2. The molecule has 2 N–H and O–H groups in total. The summed E-state index contributed by atoms with van der Waals surface area (Å²) in [5, 5.41) is 0. The van der Waals surface area contributed by atoms with Gasteiger partial charge in [-0.1, -0.05) is 6.92 Å². The van der Waals surface area contributed by atoms with Crippen molar-refractivity contribution < 1.29 is 9.59 Å². The summed E-state index contributed by atoms with van der Waals surface area (Å²) in [6, 6.07) is 4.96. The third-order valence-corrected chi connectivity index (χ3v) is 4.31. The van der Waals surface area contributed by atoms with Gasteiger partial charge in [0.2, 0.25) is 0 Å². The Labute approximate surface area is 118 Å². The van der Waals surface area contributed by atoms with Crippen LogP contribution in [0.25, 0.3) is 0 Å². The quantitative estimate of drug-likeness (QED) is 0.652. The van der Waals surface area contributed by atoms with E-state index in [4.69, 9.17) is 5.73 Å². The standard InChI is InChI=1S/C15H19N3O2/c1-2-17-7-5-11(6-8-17)18-14(19)12-4-3-10(16)9-13(12)15(18)20/h3-4,9,11H,2,5-8,16H2,1H3. The second-order valence-electron chi connectivity index (χ2n) is 5.45. The van der Waals surface area contributed by atoms with Crippen LogP contribution >= 0.6 is 0 Å². The Balaban J connectivity index is 1.83. The van der Waals surface area contributed by atoms with Gasteiger partial charge in [0.25, 0.3) is 11.8 Å². The number of benzene rings is 1. The first-order valence-electron chi connectivity index (χ1n) is 7.11. The summed E-state index contributed by atoms with van der Waals surface area (Å²) in [5.41, 5.74) is 7.17. The number of carbonyl (C=O) groups excluding carboxylic acids is 2. The first kappa shape index (κ1) is 13.1. The van der Waals surface area contributed by atoms with E-state index in [1.807, 2.05) is 0 Å². The minimum absolute atomic E-state index is 0.0198. The third kappa shape index (κ3) is 1.98. The van der Waals surface area contributed by atoms with Crippen molar-refractivity contribution in [3.63, 3.8) is 0 Å². The molecular weight excluding hydrogens is 254 g/mol. The first-order chi connectivity index (χ1) is 9.61. The van der Waals surface area contributed by atoms with E-state index in [-0.39, 0.29) is 17.9 Å². The van der Waals surface area contributed by atoms with Gasteiger partial charge in [-0.15, -0.1) is 0 Å². The van der Waals surface area contributed by atoms with Crippen LogP contribution in [0.2, 0.25) is 0 Å². The molecule has 3 rings (SSSR count). The molecule has 2 amide bonds. The van der Waals surface area contributed by atoms with Crippen molar-refractivity contribution in [3.8, 4) is 0 Å². The molecule has 106 valence electrons. The van der Waals surface area contributed by atoms with Gasteiger partial charge < -0.3 is 10.6 Å². The Hall–Kier alpha value is -1.88. The molecule has 0 spiro atoms. The Morgan fingerprint density at radius 3 is 2.45 bits per heavy atom. The summed E-state index contributed by atoms with van der Waals surface area (Å²) >= 11 is 0. The van der Waals surface area contributed by atoms with Gasteiger partial charge in [-0.2, -0.15) is 0 Å². The van der Waals surface area contributed by atoms with Crippen molar-refractivity contribution in [1.82, 2.24) is 9.80 Å². The molecular formula is C15H19N3O2. The molecule has 1 aromatic carbocycles. The normalized spacial score (nSPS) is 20.6. The van der Waals surface area contributed by atoms with Gasteiger partial charge in [0.05, 0.1) is 11.1 Å². The van der Waals surface area contributed by atoms with Gasteiger partial charge in [-0.05, 0) is 37.6 Å². The molecule has 2 aliphatic heterocycles. The SMILES string of the molecule is CCN1CCC(N2C(=O)c3ccc(N)cc3C2=O)CC1. The summed E-state index contributed by atoms with van der Waals surface area (Å²) in [7, 11) is 0. The zero-order chi connectivity index (χ0) is 14.3. The van der Waals surface area contributed by atoms with Crippen LogP contribution in [-0.2, 0) is 0 Å². The van der Waals surface area contributed by atoms with Crippen LogP contribution < -0.4 is 5.73 Å². The number of nitrogen functional groups attached to an aromatic ring is 1. The van der Waals surface area contributed by atoms with Crippen molar-refractivity contribution in [3.05, 3.63) is 29.3 Å². The summed E-state index contributed by atoms with van der Waals surface area (Å²) < 4.78 is 0. The van der Waals surface area contributed by atoms with Crippen LogP contribution in [0, 0.1) is 0 Å². The zero-order valence-corrected chi connectivity index (χ0v) is 11.6. The van der Waals surface area contributed by atoms with E-state index in [1.54, 1.807) is 18.2 Å². The molecule has 0 aliphatic carbocycles. The fraction of sp³-hybridized carbons (Fsp3) is 0.467. The minimum atomic E-state index is -0.188. The molecule has 2 heterocycles. The smallest absolute Gasteiger partial charge is 0.261 e. The molecule has 5 nitrogen and oxygen atoms in total. The molecule has 0 radical (unpaired) electrons. The lowest BCUT2D eigenvalue weighted by molar-refractivity contribution is 0.0506. The Morgan fingerprint density at radius 2 is 1.80 bits per heavy atom. The zero-order valence-electron chi connectivity index (χ0n) is 11.6. The number of imide groups is 1. The number of nitrogens with zero attached hydrogens (tertiary/aromatic N) is 2. The topological polar surface area (TPSA) is 66.6 Å². The lowest BCUT2D eigenvalue weighted by atomic mass is 10.0. The van der Waals surface area contributed by atoms with E-state index in [2.05, 4.69) is 11.8 Å².